The van der Waals surface area contributed by atoms with Crippen LogP contribution in [0.2, 0.25) is 0 Å². The van der Waals surface area contributed by atoms with Crippen molar-refractivity contribution in [2.45, 2.75) is 26.0 Å². The average molecular weight is 163 g/mol. The zero-order valence-corrected chi connectivity index (χ0v) is 7.06. The molecule has 0 spiro atoms. The van der Waals surface area contributed by atoms with Crippen molar-refractivity contribution in [2.75, 3.05) is 19.9 Å². The lowest BCUT2D eigenvalue weighted by molar-refractivity contribution is 0.00519. The lowest BCUT2D eigenvalue weighted by Gasteiger charge is -2.27. The second-order valence-corrected chi connectivity index (χ2v) is 2.66. The van der Waals surface area contributed by atoms with Crippen LogP contribution in [0.5, 0.6) is 0 Å². The van der Waals surface area contributed by atoms with Gasteiger partial charge in [0.15, 0.2) is 0 Å². The van der Waals surface area contributed by atoms with Gasteiger partial charge < -0.3 is 15.3 Å². The van der Waals surface area contributed by atoms with Gasteiger partial charge in [0.25, 0.3) is 0 Å². The fourth-order valence-corrected chi connectivity index (χ4v) is 0.837. The third-order valence-electron chi connectivity index (χ3n) is 1.84. The predicted molar refractivity (Wildman–Crippen MR) is 42.0 cm³/mol. The number of hydrogen-bond donors (Lipinski definition) is 3. The minimum absolute atomic E-state index is 0.00236. The molecule has 0 fully saturated rings. The first-order valence-corrected chi connectivity index (χ1v) is 3.77. The van der Waals surface area contributed by atoms with E-state index >= 15 is 0 Å². The highest BCUT2D eigenvalue weighted by Crippen LogP contribution is 2.01. The molecule has 0 aliphatic rings. The van der Waals surface area contributed by atoms with E-state index in [1.165, 1.54) is 0 Å². The van der Waals surface area contributed by atoms with Crippen molar-refractivity contribution in [1.29, 1.82) is 0 Å². The summed E-state index contributed by atoms with van der Waals surface area (Å²) < 4.78 is 0. The Kier molecular flexibility index (Phi) is 5.41. The Balaban J connectivity index is 3.81. The molecule has 0 aromatic rings. The molecule has 0 radical (unpaired) electrons. The molecule has 11 heavy (non-hydrogen) atoms. The topological polar surface area (TPSA) is 63.9 Å². The normalized spacial score (nSPS) is 16.9. The predicted octanol–water partition coefficient (Wildman–Crippen LogP) is -1.00. The molecule has 0 rings (SSSR count). The third kappa shape index (κ3) is 3.67. The number of aliphatic hydroxyl groups is 3. The first-order chi connectivity index (χ1) is 5.13. The molecule has 3 N–H and O–H groups in total. The van der Waals surface area contributed by atoms with E-state index in [1.54, 1.807) is 18.7 Å². The molecule has 4 heteroatoms. The summed E-state index contributed by atoms with van der Waals surface area (Å²) in [6, 6.07) is -0.118. The van der Waals surface area contributed by atoms with Crippen LogP contribution in [0.4, 0.5) is 0 Å². The van der Waals surface area contributed by atoms with Gasteiger partial charge in [-0.05, 0) is 13.8 Å². The van der Waals surface area contributed by atoms with E-state index in [0.717, 1.165) is 0 Å². The van der Waals surface area contributed by atoms with Gasteiger partial charge >= 0.3 is 0 Å². The lowest BCUT2D eigenvalue weighted by atomic mass is 10.2. The number of rotatable bonds is 5. The third-order valence-corrected chi connectivity index (χ3v) is 1.84. The minimum Gasteiger partial charge on any atom is -0.395 e. The molecule has 0 saturated carbocycles. The molecule has 0 bridgehead atoms. The minimum atomic E-state index is -0.492. The molecule has 0 aliphatic carbocycles. The van der Waals surface area contributed by atoms with Crippen LogP contribution in [0.1, 0.15) is 13.8 Å². The summed E-state index contributed by atoms with van der Waals surface area (Å²) in [7, 11) is 0. The van der Waals surface area contributed by atoms with Crippen molar-refractivity contribution in [3.05, 3.63) is 0 Å². The standard InChI is InChI=1S/C7H17NO3/c1-6(7(2)11)8(5-10)3-4-9/h6-7,9-11H,3-5H2,1-2H3. The molecule has 0 saturated heterocycles. The largest absolute Gasteiger partial charge is 0.395 e. The van der Waals surface area contributed by atoms with Crippen LogP contribution in [0.15, 0.2) is 0 Å². The Hall–Kier alpha value is -0.160. The smallest absolute Gasteiger partial charge is 0.0960 e. The van der Waals surface area contributed by atoms with Gasteiger partial charge in [-0.25, -0.2) is 0 Å². The molecule has 0 heterocycles. The van der Waals surface area contributed by atoms with Gasteiger partial charge in [-0.2, -0.15) is 0 Å². The highest BCUT2D eigenvalue weighted by molar-refractivity contribution is 4.68. The van der Waals surface area contributed by atoms with E-state index in [0.29, 0.717) is 6.54 Å². The van der Waals surface area contributed by atoms with Gasteiger partial charge in [0.05, 0.1) is 19.4 Å². The van der Waals surface area contributed by atoms with E-state index in [-0.39, 0.29) is 19.4 Å². The molecule has 4 nitrogen and oxygen atoms in total. The van der Waals surface area contributed by atoms with E-state index in [1.807, 2.05) is 0 Å². The fourth-order valence-electron chi connectivity index (χ4n) is 0.837. The van der Waals surface area contributed by atoms with Crippen LogP contribution in [0, 0.1) is 0 Å². The van der Waals surface area contributed by atoms with Crippen molar-refractivity contribution in [1.82, 2.24) is 4.90 Å². The summed E-state index contributed by atoms with van der Waals surface area (Å²) in [5.74, 6) is 0. The maximum atomic E-state index is 9.11. The van der Waals surface area contributed by atoms with Crippen molar-refractivity contribution >= 4 is 0 Å². The van der Waals surface area contributed by atoms with E-state index in [4.69, 9.17) is 15.3 Å². The Morgan fingerprint density at radius 1 is 1.27 bits per heavy atom. The van der Waals surface area contributed by atoms with Crippen molar-refractivity contribution in [2.24, 2.45) is 0 Å². The number of hydrogen-bond acceptors (Lipinski definition) is 4. The van der Waals surface area contributed by atoms with Gasteiger partial charge in [0.1, 0.15) is 0 Å². The van der Waals surface area contributed by atoms with Gasteiger partial charge in [-0.3, -0.25) is 4.90 Å². The van der Waals surface area contributed by atoms with Crippen LogP contribution in [0.3, 0.4) is 0 Å². The number of nitrogens with zero attached hydrogens (tertiary/aromatic N) is 1. The van der Waals surface area contributed by atoms with Crippen LogP contribution in [-0.4, -0.2) is 52.2 Å². The monoisotopic (exact) mass is 163 g/mol. The lowest BCUT2D eigenvalue weighted by Crippen LogP contribution is -2.42. The quantitative estimate of drug-likeness (QED) is 0.455. The average Bonchev–Trinajstić information content (AvgIpc) is 1.98. The molecule has 0 amide bonds. The first-order valence-electron chi connectivity index (χ1n) is 3.77. The summed E-state index contributed by atoms with van der Waals surface area (Å²) in [6.45, 7) is 3.72. The fraction of sp³-hybridized carbons (Fsp3) is 1.00. The molecule has 0 aromatic heterocycles. The maximum absolute atomic E-state index is 9.11. The Bertz CT molecular complexity index is 97.7. The summed E-state index contributed by atoms with van der Waals surface area (Å²) in [6.07, 6.45) is -0.492. The van der Waals surface area contributed by atoms with E-state index in [2.05, 4.69) is 0 Å². The van der Waals surface area contributed by atoms with E-state index in [9.17, 15) is 0 Å². The van der Waals surface area contributed by atoms with Crippen LogP contribution < -0.4 is 0 Å². The summed E-state index contributed by atoms with van der Waals surface area (Å²) in [4.78, 5) is 1.60. The molecule has 0 aliphatic heterocycles. The summed E-state index contributed by atoms with van der Waals surface area (Å²) >= 11 is 0. The van der Waals surface area contributed by atoms with Gasteiger partial charge in [-0.15, -0.1) is 0 Å². The van der Waals surface area contributed by atoms with Gasteiger partial charge in [0.2, 0.25) is 0 Å². The summed E-state index contributed by atoms with van der Waals surface area (Å²) in [5, 5.41) is 26.5. The Morgan fingerprint density at radius 2 is 1.82 bits per heavy atom. The Morgan fingerprint density at radius 3 is 2.09 bits per heavy atom. The first kappa shape index (κ1) is 10.8. The van der Waals surface area contributed by atoms with Crippen LogP contribution >= 0.6 is 0 Å². The van der Waals surface area contributed by atoms with Crippen LogP contribution in [-0.2, 0) is 0 Å². The molecule has 2 unspecified atom stereocenters. The van der Waals surface area contributed by atoms with Gasteiger partial charge in [-0.1, -0.05) is 0 Å². The number of aliphatic hydroxyl groups excluding tert-OH is 3. The molecule has 2 atom stereocenters. The second kappa shape index (κ2) is 5.49. The maximum Gasteiger partial charge on any atom is 0.0960 e. The Labute approximate surface area is 67.1 Å². The SMILES string of the molecule is CC(O)C(C)N(CO)CCO. The molecular formula is C7H17NO3. The highest BCUT2D eigenvalue weighted by Gasteiger charge is 2.16. The molecule has 0 aromatic carbocycles. The molecular weight excluding hydrogens is 146 g/mol. The van der Waals surface area contributed by atoms with Crippen LogP contribution in [0.25, 0.3) is 0 Å². The second-order valence-electron chi connectivity index (χ2n) is 2.66. The van der Waals surface area contributed by atoms with Crippen molar-refractivity contribution in [3.63, 3.8) is 0 Å². The van der Waals surface area contributed by atoms with E-state index < -0.39 is 6.10 Å². The zero-order chi connectivity index (χ0) is 8.85. The van der Waals surface area contributed by atoms with Crippen molar-refractivity contribution < 1.29 is 15.3 Å². The van der Waals surface area contributed by atoms with Crippen molar-refractivity contribution in [3.8, 4) is 0 Å². The summed E-state index contributed by atoms with van der Waals surface area (Å²) in [5.41, 5.74) is 0. The molecule has 68 valence electrons. The van der Waals surface area contributed by atoms with Gasteiger partial charge in [0, 0.05) is 12.6 Å². The highest BCUT2D eigenvalue weighted by atomic mass is 16.3. The zero-order valence-electron chi connectivity index (χ0n) is 7.06.